The van der Waals surface area contributed by atoms with Gasteiger partial charge in [-0.3, -0.25) is 14.7 Å². The van der Waals surface area contributed by atoms with Crippen molar-refractivity contribution in [3.63, 3.8) is 0 Å². The molecule has 7 nitrogen and oxygen atoms in total. The molecule has 1 aliphatic heterocycles. The molecule has 1 saturated carbocycles. The van der Waals surface area contributed by atoms with E-state index in [1.165, 1.54) is 18.4 Å². The number of aliphatic imine (C=N–C) groups is 1. The second-order valence-corrected chi connectivity index (χ2v) is 8.33. The second-order valence-electron chi connectivity index (χ2n) is 8.33. The third-order valence-corrected chi connectivity index (χ3v) is 6.25. The van der Waals surface area contributed by atoms with Crippen LogP contribution in [0.2, 0.25) is 0 Å². The van der Waals surface area contributed by atoms with Crippen molar-refractivity contribution in [2.24, 2.45) is 10.9 Å². The predicted octanol–water partition coefficient (Wildman–Crippen LogP) is 2.04. The standard InChI is InChI=1S/C23H37N5O2/c1-24-23(26(2)18-19-8-10-21(30-3)11-9-19)25-12-13-27-14-16-28(17-15-27)22(29)20-6-4-5-7-20/h8-11,20H,4-7,12-18H2,1-3H3,(H,24,25). The fraction of sp³-hybridized carbons (Fsp3) is 0.652. The Bertz CT molecular complexity index is 692. The Balaban J connectivity index is 1.36. The minimum absolute atomic E-state index is 0.294. The van der Waals surface area contributed by atoms with E-state index in [0.29, 0.717) is 11.8 Å². The average Bonchev–Trinajstić information content (AvgIpc) is 3.32. The van der Waals surface area contributed by atoms with E-state index >= 15 is 0 Å². The molecular weight excluding hydrogens is 378 g/mol. The first kappa shape index (κ1) is 22.4. The van der Waals surface area contributed by atoms with Crippen molar-refractivity contribution >= 4 is 11.9 Å². The quantitative estimate of drug-likeness (QED) is 0.546. The van der Waals surface area contributed by atoms with Crippen molar-refractivity contribution in [1.29, 1.82) is 0 Å². The van der Waals surface area contributed by atoms with Gasteiger partial charge in [-0.15, -0.1) is 0 Å². The van der Waals surface area contributed by atoms with Gasteiger partial charge < -0.3 is 19.9 Å². The molecule has 1 heterocycles. The molecule has 1 N–H and O–H groups in total. The summed E-state index contributed by atoms with van der Waals surface area (Å²) in [6.45, 7) is 6.23. The molecule has 166 valence electrons. The van der Waals surface area contributed by atoms with Crippen LogP contribution in [0.5, 0.6) is 5.75 Å². The number of nitrogens with zero attached hydrogens (tertiary/aromatic N) is 4. The van der Waals surface area contributed by atoms with Crippen LogP contribution in [0.4, 0.5) is 0 Å². The highest BCUT2D eigenvalue weighted by atomic mass is 16.5. The fourth-order valence-electron chi connectivity index (χ4n) is 4.41. The molecule has 0 aromatic heterocycles. The first-order valence-electron chi connectivity index (χ1n) is 11.2. The molecule has 1 amide bonds. The number of benzene rings is 1. The lowest BCUT2D eigenvalue weighted by Crippen LogP contribution is -2.51. The van der Waals surface area contributed by atoms with E-state index in [-0.39, 0.29) is 0 Å². The number of carbonyl (C=O) groups is 1. The number of rotatable bonds is 7. The zero-order valence-electron chi connectivity index (χ0n) is 18.8. The number of ether oxygens (including phenoxy) is 1. The molecule has 0 atom stereocenters. The lowest BCUT2D eigenvalue weighted by molar-refractivity contribution is -0.137. The van der Waals surface area contributed by atoms with Gasteiger partial charge >= 0.3 is 0 Å². The van der Waals surface area contributed by atoms with Gasteiger partial charge in [0.05, 0.1) is 7.11 Å². The predicted molar refractivity (Wildman–Crippen MR) is 121 cm³/mol. The van der Waals surface area contributed by atoms with Gasteiger partial charge in [0.25, 0.3) is 0 Å². The van der Waals surface area contributed by atoms with Gasteiger partial charge in [-0.2, -0.15) is 0 Å². The minimum Gasteiger partial charge on any atom is -0.497 e. The summed E-state index contributed by atoms with van der Waals surface area (Å²) in [6.07, 6.45) is 4.62. The highest BCUT2D eigenvalue weighted by molar-refractivity contribution is 5.80. The number of methoxy groups -OCH3 is 1. The molecule has 1 aromatic rings. The lowest BCUT2D eigenvalue weighted by atomic mass is 10.1. The van der Waals surface area contributed by atoms with Crippen molar-refractivity contribution < 1.29 is 9.53 Å². The van der Waals surface area contributed by atoms with Crippen molar-refractivity contribution in [3.8, 4) is 5.75 Å². The number of piperazine rings is 1. The molecule has 1 aliphatic carbocycles. The third kappa shape index (κ3) is 6.11. The normalized spacial score (nSPS) is 18.5. The Morgan fingerprint density at radius 1 is 1.17 bits per heavy atom. The zero-order chi connectivity index (χ0) is 21.3. The maximum Gasteiger partial charge on any atom is 0.225 e. The maximum absolute atomic E-state index is 12.6. The molecule has 3 rings (SSSR count). The van der Waals surface area contributed by atoms with E-state index in [1.54, 1.807) is 7.11 Å². The molecule has 30 heavy (non-hydrogen) atoms. The van der Waals surface area contributed by atoms with Crippen molar-refractivity contribution in [3.05, 3.63) is 29.8 Å². The third-order valence-electron chi connectivity index (χ3n) is 6.25. The van der Waals surface area contributed by atoms with Crippen LogP contribution < -0.4 is 10.1 Å². The molecular formula is C23H37N5O2. The molecule has 0 unspecified atom stereocenters. The van der Waals surface area contributed by atoms with Gasteiger partial charge in [0.2, 0.25) is 5.91 Å². The van der Waals surface area contributed by atoms with Crippen molar-refractivity contribution in [2.75, 3.05) is 60.5 Å². The molecule has 0 radical (unpaired) electrons. The summed E-state index contributed by atoms with van der Waals surface area (Å²) in [5.41, 5.74) is 1.21. The number of amides is 1. The van der Waals surface area contributed by atoms with Gasteiger partial charge in [-0.25, -0.2) is 0 Å². The van der Waals surface area contributed by atoms with Crippen molar-refractivity contribution in [1.82, 2.24) is 20.0 Å². The molecule has 1 aromatic carbocycles. The highest BCUT2D eigenvalue weighted by Crippen LogP contribution is 2.26. The van der Waals surface area contributed by atoms with E-state index in [4.69, 9.17) is 4.74 Å². The average molecular weight is 416 g/mol. The first-order valence-corrected chi connectivity index (χ1v) is 11.2. The minimum atomic E-state index is 0.294. The molecule has 1 saturated heterocycles. The summed E-state index contributed by atoms with van der Waals surface area (Å²) in [6, 6.07) is 8.12. The van der Waals surface area contributed by atoms with Gasteiger partial charge in [0.1, 0.15) is 5.75 Å². The number of hydrogen-bond acceptors (Lipinski definition) is 4. The number of guanidine groups is 1. The second kappa shape index (κ2) is 11.2. The molecule has 2 aliphatic rings. The summed E-state index contributed by atoms with van der Waals surface area (Å²) in [5.74, 6) is 2.45. The molecule has 0 bridgehead atoms. The van der Waals surface area contributed by atoms with E-state index in [0.717, 1.165) is 70.4 Å². The van der Waals surface area contributed by atoms with Gasteiger partial charge in [0, 0.05) is 65.8 Å². The van der Waals surface area contributed by atoms with Crippen molar-refractivity contribution in [2.45, 2.75) is 32.2 Å². The Labute approximate surface area is 181 Å². The van der Waals surface area contributed by atoms with E-state index < -0.39 is 0 Å². The topological polar surface area (TPSA) is 60.4 Å². The van der Waals surface area contributed by atoms with E-state index in [2.05, 4.69) is 37.1 Å². The summed E-state index contributed by atoms with van der Waals surface area (Å²) in [7, 11) is 5.55. The van der Waals surface area contributed by atoms with Crippen LogP contribution >= 0.6 is 0 Å². The Morgan fingerprint density at radius 3 is 2.43 bits per heavy atom. The van der Waals surface area contributed by atoms with Gasteiger partial charge in [-0.1, -0.05) is 25.0 Å². The van der Waals surface area contributed by atoms with Crippen LogP contribution in [0.25, 0.3) is 0 Å². The summed E-state index contributed by atoms with van der Waals surface area (Å²) >= 11 is 0. The van der Waals surface area contributed by atoms with Gasteiger partial charge in [-0.05, 0) is 30.5 Å². The number of nitrogens with one attached hydrogen (secondary N) is 1. The van der Waals surface area contributed by atoms with E-state index in [1.807, 2.05) is 26.2 Å². The fourth-order valence-corrected chi connectivity index (χ4v) is 4.41. The number of carbonyl (C=O) groups excluding carboxylic acids is 1. The van der Waals surface area contributed by atoms with Crippen LogP contribution in [0.3, 0.4) is 0 Å². The monoisotopic (exact) mass is 415 g/mol. The molecule has 2 fully saturated rings. The van der Waals surface area contributed by atoms with Crippen LogP contribution in [0.15, 0.2) is 29.3 Å². The smallest absolute Gasteiger partial charge is 0.225 e. The Hall–Kier alpha value is -2.28. The molecule has 7 heteroatoms. The molecule has 0 spiro atoms. The Kier molecular flexibility index (Phi) is 8.37. The lowest BCUT2D eigenvalue weighted by Gasteiger charge is -2.36. The van der Waals surface area contributed by atoms with Crippen LogP contribution in [0, 0.1) is 5.92 Å². The zero-order valence-corrected chi connectivity index (χ0v) is 18.8. The summed E-state index contributed by atoms with van der Waals surface area (Å²) < 4.78 is 5.22. The maximum atomic E-state index is 12.6. The largest absolute Gasteiger partial charge is 0.497 e. The van der Waals surface area contributed by atoms with Crippen LogP contribution in [-0.2, 0) is 11.3 Å². The number of hydrogen-bond donors (Lipinski definition) is 1. The van der Waals surface area contributed by atoms with Crippen LogP contribution in [0.1, 0.15) is 31.2 Å². The van der Waals surface area contributed by atoms with E-state index in [9.17, 15) is 4.79 Å². The highest BCUT2D eigenvalue weighted by Gasteiger charge is 2.29. The Morgan fingerprint density at radius 2 is 1.83 bits per heavy atom. The summed E-state index contributed by atoms with van der Waals surface area (Å²) in [5, 5.41) is 3.47. The van der Waals surface area contributed by atoms with Crippen LogP contribution in [-0.4, -0.2) is 87.0 Å². The van der Waals surface area contributed by atoms with Gasteiger partial charge in [0.15, 0.2) is 5.96 Å². The SMILES string of the molecule is CN=C(NCCN1CCN(C(=O)C2CCCC2)CC1)N(C)Cc1ccc(OC)cc1. The summed E-state index contributed by atoms with van der Waals surface area (Å²) in [4.78, 5) is 23.6. The first-order chi connectivity index (χ1) is 14.6.